The van der Waals surface area contributed by atoms with Gasteiger partial charge in [0.1, 0.15) is 17.2 Å². The minimum absolute atomic E-state index is 0.206. The normalized spacial score (nSPS) is 11.2. The monoisotopic (exact) mass is 374 g/mol. The Hall–Kier alpha value is -2.91. The lowest BCUT2D eigenvalue weighted by atomic mass is 10.1. The van der Waals surface area contributed by atoms with Crippen molar-refractivity contribution in [3.63, 3.8) is 0 Å². The molecule has 1 atom stereocenters. The second-order valence-electron chi connectivity index (χ2n) is 5.44. The number of nitrogens with one attached hydrogen (secondary N) is 1. The number of hydrogen-bond donors (Lipinski definition) is 1. The second-order valence-corrected chi connectivity index (χ2v) is 5.85. The van der Waals surface area contributed by atoms with Crippen LogP contribution in [0.4, 0.5) is 0 Å². The summed E-state index contributed by atoms with van der Waals surface area (Å²) in [6.07, 6.45) is 0. The van der Waals surface area contributed by atoms with Gasteiger partial charge in [0.15, 0.2) is 6.61 Å². The van der Waals surface area contributed by atoms with Crippen LogP contribution in [0.1, 0.15) is 24.1 Å². The Morgan fingerprint density at radius 3 is 2.54 bits per heavy atom. The number of hydrogen-bond acceptors (Lipinski definition) is 5. The minimum Gasteiger partial charge on any atom is -0.497 e. The molecule has 0 heterocycles. The largest absolute Gasteiger partial charge is 0.497 e. The average molecular weight is 375 g/mol. The minimum atomic E-state index is -0.317. The van der Waals surface area contributed by atoms with Gasteiger partial charge < -0.3 is 19.5 Å². The molecule has 2 aromatic rings. The van der Waals surface area contributed by atoms with Crippen molar-refractivity contribution >= 4 is 17.5 Å². The Kier molecular flexibility index (Phi) is 6.70. The molecule has 7 heteroatoms. The van der Waals surface area contributed by atoms with Crippen LogP contribution in [0.5, 0.6) is 17.2 Å². The summed E-state index contributed by atoms with van der Waals surface area (Å²) in [5.74, 6) is 1.34. The van der Waals surface area contributed by atoms with Gasteiger partial charge in [-0.1, -0.05) is 11.6 Å². The fourth-order valence-electron chi connectivity index (χ4n) is 2.37. The van der Waals surface area contributed by atoms with E-state index in [0.29, 0.717) is 22.8 Å². The molecule has 0 aliphatic carbocycles. The highest BCUT2D eigenvalue weighted by Crippen LogP contribution is 2.29. The number of benzene rings is 2. The van der Waals surface area contributed by atoms with Gasteiger partial charge in [0, 0.05) is 5.56 Å². The third-order valence-corrected chi connectivity index (χ3v) is 4.00. The topological polar surface area (TPSA) is 80.6 Å². The maximum atomic E-state index is 12.2. The van der Waals surface area contributed by atoms with Crippen LogP contribution in [0, 0.1) is 11.3 Å². The van der Waals surface area contributed by atoms with Gasteiger partial charge in [-0.25, -0.2) is 0 Å². The van der Waals surface area contributed by atoms with Gasteiger partial charge in [0.2, 0.25) is 0 Å². The third kappa shape index (κ3) is 4.80. The van der Waals surface area contributed by atoms with E-state index in [1.807, 2.05) is 19.1 Å². The van der Waals surface area contributed by atoms with Crippen LogP contribution in [-0.2, 0) is 4.79 Å². The Labute approximate surface area is 157 Å². The van der Waals surface area contributed by atoms with Crippen molar-refractivity contribution in [2.24, 2.45) is 0 Å². The molecular formula is C19H19ClN2O4. The van der Waals surface area contributed by atoms with E-state index >= 15 is 0 Å². The Balaban J connectivity index is 2.00. The van der Waals surface area contributed by atoms with Crippen molar-refractivity contribution in [2.45, 2.75) is 13.0 Å². The van der Waals surface area contributed by atoms with Crippen LogP contribution in [0.2, 0.25) is 5.02 Å². The van der Waals surface area contributed by atoms with Gasteiger partial charge in [-0.2, -0.15) is 5.26 Å². The van der Waals surface area contributed by atoms with E-state index in [2.05, 4.69) is 5.32 Å². The fraction of sp³-hybridized carbons (Fsp3) is 0.263. The summed E-state index contributed by atoms with van der Waals surface area (Å²) < 4.78 is 16.0. The fourth-order valence-corrected chi connectivity index (χ4v) is 2.60. The third-order valence-electron chi connectivity index (χ3n) is 3.70. The molecule has 2 rings (SSSR count). The van der Waals surface area contributed by atoms with Gasteiger partial charge in [0.25, 0.3) is 5.91 Å². The standard InChI is InChI=1S/C19H19ClN2O4/c1-12(15-9-14(24-2)5-7-17(15)25-3)22-19(23)11-26-18-6-4-13(10-21)8-16(18)20/h4-9,12H,11H2,1-3H3,(H,22,23)/t12-/m1/s1. The first-order chi connectivity index (χ1) is 12.5. The molecule has 0 saturated heterocycles. The van der Waals surface area contributed by atoms with E-state index in [-0.39, 0.29) is 23.6 Å². The lowest BCUT2D eigenvalue weighted by Gasteiger charge is -2.18. The summed E-state index contributed by atoms with van der Waals surface area (Å²) in [4.78, 5) is 12.2. The summed E-state index contributed by atoms with van der Waals surface area (Å²) in [7, 11) is 3.14. The van der Waals surface area contributed by atoms with Crippen LogP contribution in [0.3, 0.4) is 0 Å². The molecule has 1 amide bonds. The highest BCUT2D eigenvalue weighted by molar-refractivity contribution is 6.32. The quantitative estimate of drug-likeness (QED) is 0.802. The van der Waals surface area contributed by atoms with Gasteiger partial charge in [0.05, 0.1) is 36.9 Å². The van der Waals surface area contributed by atoms with E-state index in [9.17, 15) is 4.79 Å². The van der Waals surface area contributed by atoms with E-state index in [4.69, 9.17) is 31.1 Å². The van der Waals surface area contributed by atoms with E-state index < -0.39 is 0 Å². The molecule has 0 radical (unpaired) electrons. The molecule has 26 heavy (non-hydrogen) atoms. The number of amides is 1. The van der Waals surface area contributed by atoms with E-state index in [0.717, 1.165) is 5.56 Å². The van der Waals surface area contributed by atoms with Crippen molar-refractivity contribution in [1.29, 1.82) is 5.26 Å². The highest BCUT2D eigenvalue weighted by Gasteiger charge is 2.16. The van der Waals surface area contributed by atoms with E-state index in [1.165, 1.54) is 6.07 Å². The van der Waals surface area contributed by atoms with Crippen LogP contribution >= 0.6 is 11.6 Å². The Morgan fingerprint density at radius 1 is 1.19 bits per heavy atom. The molecule has 0 spiro atoms. The van der Waals surface area contributed by atoms with Crippen molar-refractivity contribution in [3.8, 4) is 23.3 Å². The molecule has 1 N–H and O–H groups in total. The lowest BCUT2D eigenvalue weighted by Crippen LogP contribution is -2.31. The number of methoxy groups -OCH3 is 2. The SMILES string of the molecule is COc1ccc(OC)c([C@@H](C)NC(=O)COc2ccc(C#N)cc2Cl)c1. The number of carbonyl (C=O) groups is 1. The Bertz CT molecular complexity index is 833. The number of nitrogens with zero attached hydrogens (tertiary/aromatic N) is 1. The highest BCUT2D eigenvalue weighted by atomic mass is 35.5. The predicted molar refractivity (Wildman–Crippen MR) is 97.8 cm³/mol. The zero-order valence-electron chi connectivity index (χ0n) is 14.7. The number of ether oxygens (including phenoxy) is 3. The first kappa shape index (κ1) is 19.4. The first-order valence-electron chi connectivity index (χ1n) is 7.82. The number of halogens is 1. The molecule has 0 unspecified atom stereocenters. The molecule has 0 aliphatic heterocycles. The van der Waals surface area contributed by atoms with Gasteiger partial charge >= 0.3 is 0 Å². The Morgan fingerprint density at radius 2 is 1.92 bits per heavy atom. The number of nitriles is 1. The van der Waals surface area contributed by atoms with Gasteiger partial charge in [-0.05, 0) is 43.3 Å². The summed E-state index contributed by atoms with van der Waals surface area (Å²) >= 11 is 6.03. The molecule has 0 aromatic heterocycles. The van der Waals surface area contributed by atoms with Crippen LogP contribution < -0.4 is 19.5 Å². The lowest BCUT2D eigenvalue weighted by molar-refractivity contribution is -0.123. The van der Waals surface area contributed by atoms with Gasteiger partial charge in [-0.15, -0.1) is 0 Å². The average Bonchev–Trinajstić information content (AvgIpc) is 2.66. The van der Waals surface area contributed by atoms with Crippen LogP contribution in [0.25, 0.3) is 0 Å². The maximum absolute atomic E-state index is 12.2. The van der Waals surface area contributed by atoms with Crippen LogP contribution in [-0.4, -0.2) is 26.7 Å². The summed E-state index contributed by atoms with van der Waals surface area (Å²) in [6, 6.07) is 11.7. The molecule has 2 aromatic carbocycles. The van der Waals surface area contributed by atoms with Crippen molar-refractivity contribution in [3.05, 3.63) is 52.5 Å². The molecule has 6 nitrogen and oxygen atoms in total. The maximum Gasteiger partial charge on any atom is 0.258 e. The summed E-state index contributed by atoms with van der Waals surface area (Å²) in [5, 5.41) is 11.9. The molecule has 0 fully saturated rings. The van der Waals surface area contributed by atoms with Crippen molar-refractivity contribution in [1.82, 2.24) is 5.32 Å². The number of carbonyl (C=O) groups excluding carboxylic acids is 1. The zero-order chi connectivity index (χ0) is 19.1. The summed E-state index contributed by atoms with van der Waals surface area (Å²) in [5.41, 5.74) is 1.21. The van der Waals surface area contributed by atoms with Gasteiger partial charge in [-0.3, -0.25) is 4.79 Å². The van der Waals surface area contributed by atoms with Crippen molar-refractivity contribution < 1.29 is 19.0 Å². The van der Waals surface area contributed by atoms with Crippen molar-refractivity contribution in [2.75, 3.05) is 20.8 Å². The van der Waals surface area contributed by atoms with E-state index in [1.54, 1.807) is 38.5 Å². The molecule has 0 aliphatic rings. The molecule has 0 bridgehead atoms. The predicted octanol–water partition coefficient (Wildman–Crippen LogP) is 3.49. The zero-order valence-corrected chi connectivity index (χ0v) is 15.5. The molecular weight excluding hydrogens is 356 g/mol. The first-order valence-corrected chi connectivity index (χ1v) is 8.20. The van der Waals surface area contributed by atoms with Crippen LogP contribution in [0.15, 0.2) is 36.4 Å². The second kappa shape index (κ2) is 8.97. The summed E-state index contributed by atoms with van der Waals surface area (Å²) in [6.45, 7) is 1.63. The molecule has 0 saturated carbocycles. The smallest absolute Gasteiger partial charge is 0.258 e. The molecule has 136 valence electrons. The number of rotatable bonds is 7.